The fourth-order valence-corrected chi connectivity index (χ4v) is 2.30. The van der Waals surface area contributed by atoms with Crippen molar-refractivity contribution in [3.05, 3.63) is 68.4 Å². The van der Waals surface area contributed by atoms with E-state index >= 15 is 0 Å². The van der Waals surface area contributed by atoms with Crippen LogP contribution in [0.1, 0.15) is 15.9 Å². The molecule has 0 aliphatic carbocycles. The molecule has 0 saturated carbocycles. The standard InChI is InChI=1S/C14H7BrClF3O/c15-9-2-1-8(16)5-7(9)6-12(20)13-10(17)3-4-11(18)14(13)19/h1-5H,6H2. The van der Waals surface area contributed by atoms with Gasteiger partial charge in [0.15, 0.2) is 17.4 Å². The van der Waals surface area contributed by atoms with E-state index in [4.69, 9.17) is 11.6 Å². The van der Waals surface area contributed by atoms with Gasteiger partial charge in [-0.3, -0.25) is 4.79 Å². The predicted octanol–water partition coefficient (Wildman–Crippen LogP) is 4.95. The summed E-state index contributed by atoms with van der Waals surface area (Å²) >= 11 is 9.00. The van der Waals surface area contributed by atoms with Gasteiger partial charge in [0.2, 0.25) is 0 Å². The zero-order valence-corrected chi connectivity index (χ0v) is 12.2. The van der Waals surface area contributed by atoms with Crippen molar-refractivity contribution in [2.45, 2.75) is 6.42 Å². The minimum Gasteiger partial charge on any atom is -0.294 e. The Kier molecular flexibility index (Phi) is 4.50. The van der Waals surface area contributed by atoms with Crippen LogP contribution in [0.15, 0.2) is 34.8 Å². The van der Waals surface area contributed by atoms with E-state index in [1.807, 2.05) is 0 Å². The SMILES string of the molecule is O=C(Cc1cc(Cl)ccc1Br)c1c(F)ccc(F)c1F. The van der Waals surface area contributed by atoms with Crippen LogP contribution in [0.3, 0.4) is 0 Å². The molecule has 2 aromatic carbocycles. The van der Waals surface area contributed by atoms with E-state index in [-0.39, 0.29) is 6.42 Å². The smallest absolute Gasteiger partial charge is 0.173 e. The number of carbonyl (C=O) groups is 1. The summed E-state index contributed by atoms with van der Waals surface area (Å²) in [7, 11) is 0. The van der Waals surface area contributed by atoms with E-state index in [2.05, 4.69) is 15.9 Å². The number of Topliss-reactive ketones (excluding diaryl/α,β-unsaturated/α-hetero) is 1. The van der Waals surface area contributed by atoms with Gasteiger partial charge in [-0.15, -0.1) is 0 Å². The number of halogens is 5. The molecule has 0 amide bonds. The highest BCUT2D eigenvalue weighted by Gasteiger charge is 2.21. The van der Waals surface area contributed by atoms with Crippen molar-refractivity contribution in [2.75, 3.05) is 0 Å². The summed E-state index contributed by atoms with van der Waals surface area (Å²) < 4.78 is 40.7. The lowest BCUT2D eigenvalue weighted by atomic mass is 10.0. The van der Waals surface area contributed by atoms with E-state index in [0.29, 0.717) is 21.1 Å². The van der Waals surface area contributed by atoms with Crippen LogP contribution in [-0.2, 0) is 6.42 Å². The largest absolute Gasteiger partial charge is 0.294 e. The third-order valence-corrected chi connectivity index (χ3v) is 3.69. The molecule has 0 heterocycles. The highest BCUT2D eigenvalue weighted by molar-refractivity contribution is 9.10. The van der Waals surface area contributed by atoms with Crippen LogP contribution < -0.4 is 0 Å². The van der Waals surface area contributed by atoms with Gasteiger partial charge in [-0.1, -0.05) is 27.5 Å². The molecule has 0 atom stereocenters. The quantitative estimate of drug-likeness (QED) is 0.557. The third-order valence-electron chi connectivity index (χ3n) is 2.68. The molecule has 2 rings (SSSR count). The van der Waals surface area contributed by atoms with Gasteiger partial charge in [-0.2, -0.15) is 0 Å². The summed E-state index contributed by atoms with van der Waals surface area (Å²) in [6.45, 7) is 0. The molecule has 0 saturated heterocycles. The van der Waals surface area contributed by atoms with Gasteiger partial charge < -0.3 is 0 Å². The number of carbonyl (C=O) groups excluding carboxylic acids is 1. The van der Waals surface area contributed by atoms with Gasteiger partial charge in [0.05, 0.1) is 5.56 Å². The van der Waals surface area contributed by atoms with E-state index in [1.54, 1.807) is 12.1 Å². The fraction of sp³-hybridized carbons (Fsp3) is 0.0714. The van der Waals surface area contributed by atoms with Crippen molar-refractivity contribution >= 4 is 33.3 Å². The Morgan fingerprint density at radius 3 is 2.45 bits per heavy atom. The second-order valence-corrected chi connectivity index (χ2v) is 5.34. The Bertz CT molecular complexity index is 688. The molecule has 0 unspecified atom stereocenters. The third kappa shape index (κ3) is 3.04. The number of benzene rings is 2. The first-order valence-electron chi connectivity index (χ1n) is 5.50. The van der Waals surface area contributed by atoms with Crippen LogP contribution in [0, 0.1) is 17.5 Å². The molecule has 0 radical (unpaired) electrons. The summed E-state index contributed by atoms with van der Waals surface area (Å²) in [5.74, 6) is -4.69. The van der Waals surface area contributed by atoms with Crippen LogP contribution in [0.5, 0.6) is 0 Å². The Hall–Kier alpha value is -1.33. The summed E-state index contributed by atoms with van der Waals surface area (Å²) in [5, 5.41) is 0.385. The molecule has 0 aliphatic heterocycles. The molecular formula is C14H7BrClF3O. The highest BCUT2D eigenvalue weighted by Crippen LogP contribution is 2.24. The summed E-state index contributed by atoms with van der Waals surface area (Å²) in [6, 6.07) is 6.07. The van der Waals surface area contributed by atoms with Crippen molar-refractivity contribution in [3.63, 3.8) is 0 Å². The second-order valence-electron chi connectivity index (χ2n) is 4.05. The first kappa shape index (κ1) is 15.1. The molecule has 0 aliphatic rings. The number of hydrogen-bond acceptors (Lipinski definition) is 1. The van der Waals surface area contributed by atoms with Crippen LogP contribution >= 0.6 is 27.5 Å². The molecule has 104 valence electrons. The Morgan fingerprint density at radius 1 is 1.10 bits per heavy atom. The highest BCUT2D eigenvalue weighted by atomic mass is 79.9. The van der Waals surface area contributed by atoms with Crippen molar-refractivity contribution in [1.82, 2.24) is 0 Å². The molecule has 1 nitrogen and oxygen atoms in total. The van der Waals surface area contributed by atoms with Crippen molar-refractivity contribution in [1.29, 1.82) is 0 Å². The Balaban J connectivity index is 2.38. The summed E-state index contributed by atoms with van der Waals surface area (Å²) in [6.07, 6.45) is -0.293. The zero-order valence-electron chi connectivity index (χ0n) is 9.89. The number of hydrogen-bond donors (Lipinski definition) is 0. The molecule has 0 N–H and O–H groups in total. The molecule has 20 heavy (non-hydrogen) atoms. The second kappa shape index (κ2) is 5.97. The molecule has 0 aromatic heterocycles. The fourth-order valence-electron chi connectivity index (χ4n) is 1.72. The molecular weight excluding hydrogens is 357 g/mol. The number of rotatable bonds is 3. The van der Waals surface area contributed by atoms with Crippen molar-refractivity contribution in [3.8, 4) is 0 Å². The average molecular weight is 364 g/mol. The van der Waals surface area contributed by atoms with Crippen molar-refractivity contribution < 1.29 is 18.0 Å². The molecule has 0 fully saturated rings. The molecule has 2 aromatic rings. The van der Waals surface area contributed by atoms with Crippen molar-refractivity contribution in [2.24, 2.45) is 0 Å². The minimum atomic E-state index is -1.48. The first-order valence-corrected chi connectivity index (χ1v) is 6.68. The maximum atomic E-state index is 13.5. The van der Waals surface area contributed by atoms with E-state index in [0.717, 1.165) is 6.07 Å². The van der Waals surface area contributed by atoms with E-state index < -0.39 is 28.8 Å². The number of ketones is 1. The predicted molar refractivity (Wildman–Crippen MR) is 73.5 cm³/mol. The van der Waals surface area contributed by atoms with Crippen LogP contribution in [0.25, 0.3) is 0 Å². The molecule has 0 bridgehead atoms. The van der Waals surface area contributed by atoms with Crippen LogP contribution in [-0.4, -0.2) is 5.78 Å². The van der Waals surface area contributed by atoms with Gasteiger partial charge in [0, 0.05) is 15.9 Å². The summed E-state index contributed by atoms with van der Waals surface area (Å²) in [4.78, 5) is 12.0. The average Bonchev–Trinajstić information content (AvgIpc) is 2.39. The molecule has 6 heteroatoms. The maximum Gasteiger partial charge on any atom is 0.173 e. The lowest BCUT2D eigenvalue weighted by Gasteiger charge is -2.07. The van der Waals surface area contributed by atoms with Gasteiger partial charge in [0.25, 0.3) is 0 Å². The zero-order chi connectivity index (χ0) is 14.9. The first-order chi connectivity index (χ1) is 9.40. The van der Waals surface area contributed by atoms with Crippen LogP contribution in [0.4, 0.5) is 13.2 Å². The van der Waals surface area contributed by atoms with Gasteiger partial charge in [-0.05, 0) is 35.9 Å². The Labute approximate surface area is 126 Å². The topological polar surface area (TPSA) is 17.1 Å². The Morgan fingerprint density at radius 2 is 1.75 bits per heavy atom. The minimum absolute atomic E-state index is 0.293. The monoisotopic (exact) mass is 362 g/mol. The van der Waals surface area contributed by atoms with Gasteiger partial charge in [-0.25, -0.2) is 13.2 Å². The lowest BCUT2D eigenvalue weighted by molar-refractivity contribution is 0.0983. The lowest BCUT2D eigenvalue weighted by Crippen LogP contribution is -2.11. The van der Waals surface area contributed by atoms with Crippen LogP contribution in [0.2, 0.25) is 5.02 Å². The maximum absolute atomic E-state index is 13.5. The van der Waals surface area contributed by atoms with Gasteiger partial charge >= 0.3 is 0 Å². The van der Waals surface area contributed by atoms with E-state index in [9.17, 15) is 18.0 Å². The molecule has 0 spiro atoms. The van der Waals surface area contributed by atoms with Gasteiger partial charge in [0.1, 0.15) is 5.82 Å². The normalized spacial score (nSPS) is 10.7. The van der Waals surface area contributed by atoms with E-state index in [1.165, 1.54) is 6.07 Å². The summed E-state index contributed by atoms with van der Waals surface area (Å²) in [5.41, 5.74) is -0.414.